The number of hydrogen-bond donors (Lipinski definition) is 4. The lowest BCUT2D eigenvalue weighted by atomic mass is 9.87. The van der Waals surface area contributed by atoms with Crippen LogP contribution in [0.25, 0.3) is 0 Å². The summed E-state index contributed by atoms with van der Waals surface area (Å²) in [6.45, 7) is 3.59. The van der Waals surface area contributed by atoms with Crippen LogP contribution in [0.1, 0.15) is 19.4 Å². The van der Waals surface area contributed by atoms with E-state index in [9.17, 15) is 9.90 Å². The maximum absolute atomic E-state index is 10.9. The highest BCUT2D eigenvalue weighted by Gasteiger charge is 2.33. The number of allylic oxidation sites excluding steroid dienone is 1. The molecule has 6 nitrogen and oxygen atoms in total. The fourth-order valence-electron chi connectivity index (χ4n) is 2.46. The summed E-state index contributed by atoms with van der Waals surface area (Å²) in [5.41, 5.74) is 11.6. The van der Waals surface area contributed by atoms with Gasteiger partial charge in [0.25, 0.3) is 0 Å². The number of benzene rings is 1. The Morgan fingerprint density at radius 2 is 1.96 bits per heavy atom. The predicted molar refractivity (Wildman–Crippen MR) is 112 cm³/mol. The van der Waals surface area contributed by atoms with Crippen LogP contribution in [0.5, 0.6) is 5.75 Å². The molecule has 6 N–H and O–H groups in total. The summed E-state index contributed by atoms with van der Waals surface area (Å²) in [5.74, 6) is -0.0120. The molecule has 136 valence electrons. The zero-order chi connectivity index (χ0) is 18.9. The highest BCUT2D eigenvalue weighted by Crippen LogP contribution is 2.34. The van der Waals surface area contributed by atoms with E-state index in [2.05, 4.69) is 45.2 Å². The van der Waals surface area contributed by atoms with Crippen molar-refractivity contribution in [1.29, 1.82) is 0 Å². The molecule has 0 fully saturated rings. The van der Waals surface area contributed by atoms with Crippen LogP contribution in [0.2, 0.25) is 0 Å². The summed E-state index contributed by atoms with van der Waals surface area (Å²) in [7, 11) is 0. The molecule has 25 heavy (non-hydrogen) atoms. The maximum Gasteiger partial charge on any atom is 0.320 e. The number of halogens is 2. The summed E-state index contributed by atoms with van der Waals surface area (Å²) in [6, 6.07) is 2.79. The van der Waals surface area contributed by atoms with Gasteiger partial charge < -0.3 is 20.7 Å². The summed E-state index contributed by atoms with van der Waals surface area (Å²) >= 11 is 4.30. The Kier molecular flexibility index (Phi) is 6.52. The molecule has 1 aromatic carbocycles. The monoisotopic (exact) mass is 570 g/mol. The Balaban J connectivity index is 2.26. The van der Waals surface area contributed by atoms with Gasteiger partial charge >= 0.3 is 5.97 Å². The number of ether oxygens (including phenoxy) is 1. The second-order valence-electron chi connectivity index (χ2n) is 6.15. The van der Waals surface area contributed by atoms with Crippen LogP contribution < -0.4 is 16.2 Å². The van der Waals surface area contributed by atoms with Crippen LogP contribution >= 0.6 is 45.2 Å². The van der Waals surface area contributed by atoms with E-state index in [1.165, 1.54) is 0 Å². The average molecular weight is 570 g/mol. The van der Waals surface area contributed by atoms with Crippen molar-refractivity contribution in [2.45, 2.75) is 32.0 Å². The van der Waals surface area contributed by atoms with Gasteiger partial charge in [0.15, 0.2) is 5.75 Å². The molecule has 2 unspecified atom stereocenters. The van der Waals surface area contributed by atoms with Gasteiger partial charge in [0.1, 0.15) is 17.5 Å². The standard InChI is InChI=1S/C17H20I2N2O4/c1-8-3-11(4-9(2)17(8,21)24)25-15-12(18)5-10(6-13(15)19)7-14(20)16(22)23/h3-6,8,14,24H,7,20-21H2,1-2H3,(H,22,23)/t8?,14-,17?/m0/s1. The third kappa shape index (κ3) is 4.73. The van der Waals surface area contributed by atoms with Crippen molar-refractivity contribution >= 4 is 51.2 Å². The third-order valence-corrected chi connectivity index (χ3v) is 5.75. The lowest BCUT2D eigenvalue weighted by Gasteiger charge is -2.33. The maximum atomic E-state index is 10.9. The molecule has 0 spiro atoms. The minimum Gasteiger partial charge on any atom is -0.480 e. The van der Waals surface area contributed by atoms with E-state index in [0.29, 0.717) is 17.1 Å². The van der Waals surface area contributed by atoms with Crippen molar-refractivity contribution in [3.05, 3.63) is 48.3 Å². The van der Waals surface area contributed by atoms with E-state index in [-0.39, 0.29) is 12.3 Å². The second-order valence-corrected chi connectivity index (χ2v) is 8.47. The molecule has 0 saturated carbocycles. The fourth-order valence-corrected chi connectivity index (χ4v) is 4.58. The van der Waals surface area contributed by atoms with Gasteiger partial charge in [-0.1, -0.05) is 6.92 Å². The van der Waals surface area contributed by atoms with Gasteiger partial charge in [-0.3, -0.25) is 10.5 Å². The van der Waals surface area contributed by atoms with Crippen LogP contribution in [0.3, 0.4) is 0 Å². The molecule has 0 amide bonds. The quantitative estimate of drug-likeness (QED) is 0.319. The molecule has 0 heterocycles. The van der Waals surface area contributed by atoms with Crippen molar-refractivity contribution in [3.63, 3.8) is 0 Å². The van der Waals surface area contributed by atoms with Gasteiger partial charge in [0.2, 0.25) is 0 Å². The molecule has 0 saturated heterocycles. The number of carbonyl (C=O) groups is 1. The van der Waals surface area contributed by atoms with Crippen LogP contribution in [0.4, 0.5) is 0 Å². The molecule has 1 aliphatic carbocycles. The zero-order valence-electron chi connectivity index (χ0n) is 13.8. The van der Waals surface area contributed by atoms with Gasteiger partial charge in [-0.25, -0.2) is 0 Å². The molecule has 1 aliphatic rings. The Morgan fingerprint density at radius 1 is 1.40 bits per heavy atom. The number of carboxylic acid groups (broad SMARTS) is 1. The summed E-state index contributed by atoms with van der Waals surface area (Å²) in [4.78, 5) is 10.9. The summed E-state index contributed by atoms with van der Waals surface area (Å²) in [5, 5.41) is 19.2. The Labute approximate surface area is 173 Å². The molecule has 8 heteroatoms. The smallest absolute Gasteiger partial charge is 0.320 e. The van der Waals surface area contributed by atoms with E-state index >= 15 is 0 Å². The molecule has 0 aromatic heterocycles. The fraction of sp³-hybridized carbons (Fsp3) is 0.353. The molecule has 0 aliphatic heterocycles. The molecule has 1 aromatic rings. The number of rotatable bonds is 5. The van der Waals surface area contributed by atoms with Crippen molar-refractivity contribution in [2.75, 3.05) is 0 Å². The van der Waals surface area contributed by atoms with Crippen LogP contribution in [0.15, 0.2) is 35.6 Å². The van der Waals surface area contributed by atoms with E-state index < -0.39 is 17.7 Å². The highest BCUT2D eigenvalue weighted by molar-refractivity contribution is 14.1. The van der Waals surface area contributed by atoms with E-state index in [0.717, 1.165) is 12.7 Å². The Bertz CT molecular complexity index is 736. The number of hydrogen-bond acceptors (Lipinski definition) is 5. The Hall–Kier alpha value is -0.690. The first kappa shape index (κ1) is 20.6. The molecule has 0 bridgehead atoms. The molecule has 2 rings (SSSR count). The van der Waals surface area contributed by atoms with Crippen LogP contribution in [0, 0.1) is 13.1 Å². The van der Waals surface area contributed by atoms with Crippen LogP contribution in [-0.4, -0.2) is 27.9 Å². The number of carboxylic acids is 1. The average Bonchev–Trinajstić information content (AvgIpc) is 2.49. The van der Waals surface area contributed by atoms with E-state index in [1.807, 2.05) is 19.1 Å². The minimum atomic E-state index is -1.37. The van der Waals surface area contributed by atoms with Gasteiger partial charge in [-0.15, -0.1) is 0 Å². The van der Waals surface area contributed by atoms with Crippen molar-refractivity contribution in [2.24, 2.45) is 17.4 Å². The third-order valence-electron chi connectivity index (χ3n) is 4.15. The molecule has 3 atom stereocenters. The molecular formula is C17H20I2N2O4. The molecule has 0 radical (unpaired) electrons. The van der Waals surface area contributed by atoms with Crippen molar-refractivity contribution < 1.29 is 19.7 Å². The first-order valence-electron chi connectivity index (χ1n) is 7.58. The topological polar surface area (TPSA) is 119 Å². The number of nitrogens with two attached hydrogens (primary N) is 2. The first-order chi connectivity index (χ1) is 11.5. The zero-order valence-corrected chi connectivity index (χ0v) is 18.1. The van der Waals surface area contributed by atoms with Crippen LogP contribution in [-0.2, 0) is 11.2 Å². The van der Waals surface area contributed by atoms with Crippen molar-refractivity contribution in [1.82, 2.24) is 0 Å². The first-order valence-corrected chi connectivity index (χ1v) is 9.74. The normalized spacial score (nSPS) is 24.4. The summed E-state index contributed by atoms with van der Waals surface area (Å²) in [6.07, 6.45) is 3.76. The lowest BCUT2D eigenvalue weighted by molar-refractivity contribution is -0.138. The van der Waals surface area contributed by atoms with E-state index in [4.69, 9.17) is 21.3 Å². The SMILES string of the molecule is CC1=CC(Oc2c(I)cc(C[C@H](N)C(=O)O)cc2I)=CC(C)C1(N)O. The number of aliphatic carboxylic acids is 1. The Morgan fingerprint density at radius 3 is 2.44 bits per heavy atom. The number of aliphatic hydroxyl groups is 1. The predicted octanol–water partition coefficient (Wildman–Crippen LogP) is 2.36. The van der Waals surface area contributed by atoms with E-state index in [1.54, 1.807) is 19.1 Å². The van der Waals surface area contributed by atoms with Gasteiger partial charge in [0, 0.05) is 5.92 Å². The van der Waals surface area contributed by atoms with Gasteiger partial charge in [-0.2, -0.15) is 0 Å². The van der Waals surface area contributed by atoms with Gasteiger partial charge in [0.05, 0.1) is 7.14 Å². The van der Waals surface area contributed by atoms with Gasteiger partial charge in [-0.05, 0) is 93.9 Å². The molecular weight excluding hydrogens is 550 g/mol. The van der Waals surface area contributed by atoms with Crippen molar-refractivity contribution in [3.8, 4) is 5.75 Å². The highest BCUT2D eigenvalue weighted by atomic mass is 127. The second kappa shape index (κ2) is 7.91. The largest absolute Gasteiger partial charge is 0.480 e. The lowest BCUT2D eigenvalue weighted by Crippen LogP contribution is -2.48. The minimum absolute atomic E-state index is 0.251. The summed E-state index contributed by atoms with van der Waals surface area (Å²) < 4.78 is 7.72.